The van der Waals surface area contributed by atoms with Gasteiger partial charge in [0.25, 0.3) is 0 Å². The smallest absolute Gasteiger partial charge is 0.216 e. The Labute approximate surface area is 174 Å². The number of hydrogen-bond acceptors (Lipinski definition) is 7. The third kappa shape index (κ3) is 4.09. The van der Waals surface area contributed by atoms with Crippen LogP contribution in [0.5, 0.6) is 17.2 Å². The van der Waals surface area contributed by atoms with Crippen molar-refractivity contribution in [1.82, 2.24) is 14.9 Å². The van der Waals surface area contributed by atoms with Crippen LogP contribution in [0.1, 0.15) is 5.56 Å². The summed E-state index contributed by atoms with van der Waals surface area (Å²) in [4.78, 5) is 2.03. The molecule has 29 heavy (non-hydrogen) atoms. The number of nitrogens with zero attached hydrogens (tertiary/aromatic N) is 4. The second-order valence-corrected chi connectivity index (χ2v) is 6.66. The molecule has 0 bridgehead atoms. The van der Waals surface area contributed by atoms with Crippen molar-refractivity contribution < 1.29 is 14.2 Å². The van der Waals surface area contributed by atoms with E-state index in [0.29, 0.717) is 33.4 Å². The number of benzene rings is 2. The van der Waals surface area contributed by atoms with Crippen LogP contribution in [0.2, 0.25) is 0 Å². The molecule has 9 heteroatoms. The third-order valence-electron chi connectivity index (χ3n) is 4.34. The maximum absolute atomic E-state index is 5.50. The van der Waals surface area contributed by atoms with Crippen molar-refractivity contribution in [3.05, 3.63) is 46.7 Å². The van der Waals surface area contributed by atoms with E-state index in [1.807, 2.05) is 49.3 Å². The van der Waals surface area contributed by atoms with Crippen LogP contribution in [0.4, 0.5) is 5.69 Å². The van der Waals surface area contributed by atoms with Crippen LogP contribution < -0.4 is 19.1 Å². The number of ether oxygens (including phenoxy) is 3. The summed E-state index contributed by atoms with van der Waals surface area (Å²) in [5, 5.41) is 11.6. The van der Waals surface area contributed by atoms with Crippen molar-refractivity contribution in [1.29, 1.82) is 0 Å². The van der Waals surface area contributed by atoms with Gasteiger partial charge >= 0.3 is 0 Å². The molecule has 152 valence electrons. The van der Waals surface area contributed by atoms with Crippen LogP contribution >= 0.6 is 12.2 Å². The minimum absolute atomic E-state index is 0.382. The first kappa shape index (κ1) is 20.4. The molecule has 0 amide bonds. The monoisotopic (exact) mass is 413 g/mol. The number of aromatic amines is 1. The Morgan fingerprint density at radius 2 is 1.69 bits per heavy atom. The van der Waals surface area contributed by atoms with E-state index in [0.717, 1.165) is 11.3 Å². The molecule has 1 aromatic heterocycles. The number of hydrogen-bond donors (Lipinski definition) is 1. The lowest BCUT2D eigenvalue weighted by Crippen LogP contribution is -2.08. The molecule has 1 heterocycles. The Balaban J connectivity index is 2.01. The van der Waals surface area contributed by atoms with Crippen LogP contribution in [-0.2, 0) is 0 Å². The molecule has 0 radical (unpaired) electrons. The molecule has 3 rings (SSSR count). The van der Waals surface area contributed by atoms with Gasteiger partial charge < -0.3 is 19.1 Å². The lowest BCUT2D eigenvalue weighted by Gasteiger charge is -2.13. The highest BCUT2D eigenvalue weighted by atomic mass is 32.1. The predicted molar refractivity (Wildman–Crippen MR) is 116 cm³/mol. The van der Waals surface area contributed by atoms with Gasteiger partial charge in [-0.2, -0.15) is 14.9 Å². The number of aromatic nitrogens is 3. The number of H-pyrrole nitrogens is 1. The second kappa shape index (κ2) is 8.78. The summed E-state index contributed by atoms with van der Waals surface area (Å²) in [5.74, 6) is 2.19. The highest BCUT2D eigenvalue weighted by molar-refractivity contribution is 7.71. The lowest BCUT2D eigenvalue weighted by atomic mass is 10.2. The maximum Gasteiger partial charge on any atom is 0.216 e. The molecule has 0 saturated heterocycles. The van der Waals surface area contributed by atoms with Gasteiger partial charge in [0.15, 0.2) is 17.3 Å². The molecule has 0 spiro atoms. The highest BCUT2D eigenvalue weighted by Gasteiger charge is 2.15. The third-order valence-corrected chi connectivity index (χ3v) is 4.60. The fourth-order valence-electron chi connectivity index (χ4n) is 2.84. The minimum Gasteiger partial charge on any atom is -0.493 e. The molecule has 0 aliphatic heterocycles. The molecule has 8 nitrogen and oxygen atoms in total. The first-order chi connectivity index (χ1) is 14.0. The van der Waals surface area contributed by atoms with Gasteiger partial charge in [-0.3, -0.25) is 0 Å². The molecule has 0 atom stereocenters. The molecule has 0 unspecified atom stereocenters. The number of nitrogens with one attached hydrogen (secondary N) is 1. The van der Waals surface area contributed by atoms with E-state index in [-0.39, 0.29) is 0 Å². The Morgan fingerprint density at radius 3 is 2.28 bits per heavy atom. The molecular formula is C20H23N5O3S. The van der Waals surface area contributed by atoms with Crippen LogP contribution in [0.25, 0.3) is 11.4 Å². The molecule has 0 aliphatic rings. The SMILES string of the molecule is COc1ccc(C=Nn2c(-c3ccc(N(C)C)cc3)n[nH]c2=S)c(OC)c1OC. The Bertz CT molecular complexity index is 1070. The average molecular weight is 414 g/mol. The maximum atomic E-state index is 5.50. The molecule has 0 saturated carbocycles. The first-order valence-corrected chi connectivity index (χ1v) is 9.19. The van der Waals surface area contributed by atoms with E-state index in [9.17, 15) is 0 Å². The van der Waals surface area contributed by atoms with Gasteiger partial charge in [0, 0.05) is 30.9 Å². The zero-order chi connectivity index (χ0) is 21.0. The highest BCUT2D eigenvalue weighted by Crippen LogP contribution is 2.39. The average Bonchev–Trinajstić information content (AvgIpc) is 3.11. The summed E-state index contributed by atoms with van der Waals surface area (Å²) in [6.07, 6.45) is 1.64. The van der Waals surface area contributed by atoms with Crippen LogP contribution in [0, 0.1) is 4.77 Å². The first-order valence-electron chi connectivity index (χ1n) is 8.78. The van der Waals surface area contributed by atoms with E-state index in [1.54, 1.807) is 38.3 Å². The summed E-state index contributed by atoms with van der Waals surface area (Å²) in [5.41, 5.74) is 2.69. The van der Waals surface area contributed by atoms with Gasteiger partial charge in [-0.15, -0.1) is 0 Å². The van der Waals surface area contributed by atoms with Gasteiger partial charge in [0.2, 0.25) is 10.5 Å². The van der Waals surface area contributed by atoms with E-state index < -0.39 is 0 Å². The summed E-state index contributed by atoms with van der Waals surface area (Å²) in [6, 6.07) is 11.6. The van der Waals surface area contributed by atoms with E-state index >= 15 is 0 Å². The minimum atomic E-state index is 0.382. The summed E-state index contributed by atoms with van der Waals surface area (Å²) in [6.45, 7) is 0. The molecule has 1 N–H and O–H groups in total. The van der Waals surface area contributed by atoms with E-state index in [4.69, 9.17) is 26.4 Å². The second-order valence-electron chi connectivity index (χ2n) is 6.27. The predicted octanol–water partition coefficient (Wildman–Crippen LogP) is 3.58. The Kier molecular flexibility index (Phi) is 6.18. The number of rotatable bonds is 7. The summed E-state index contributed by atoms with van der Waals surface area (Å²) in [7, 11) is 8.68. The normalized spacial score (nSPS) is 10.9. The van der Waals surface area contributed by atoms with Gasteiger partial charge in [0.05, 0.1) is 27.5 Å². The van der Waals surface area contributed by atoms with Gasteiger partial charge in [0.1, 0.15) is 0 Å². The zero-order valence-corrected chi connectivity index (χ0v) is 17.8. The fraction of sp³-hybridized carbons (Fsp3) is 0.250. The molecule has 0 fully saturated rings. The van der Waals surface area contributed by atoms with Crippen molar-refractivity contribution in [2.75, 3.05) is 40.3 Å². The molecule has 3 aromatic rings. The quantitative estimate of drug-likeness (QED) is 0.471. The lowest BCUT2D eigenvalue weighted by molar-refractivity contribution is 0.324. The van der Waals surface area contributed by atoms with E-state index in [1.165, 1.54) is 0 Å². The Morgan fingerprint density at radius 1 is 1.00 bits per heavy atom. The van der Waals surface area contributed by atoms with Crippen molar-refractivity contribution in [3.8, 4) is 28.6 Å². The number of methoxy groups -OCH3 is 3. The van der Waals surface area contributed by atoms with Crippen LogP contribution in [0.15, 0.2) is 41.5 Å². The molecule has 2 aromatic carbocycles. The van der Waals surface area contributed by atoms with E-state index in [2.05, 4.69) is 15.3 Å². The van der Waals surface area contributed by atoms with Gasteiger partial charge in [-0.1, -0.05) is 0 Å². The topological polar surface area (TPSA) is 76.9 Å². The Hall–Kier alpha value is -3.33. The van der Waals surface area contributed by atoms with Gasteiger partial charge in [-0.05, 0) is 48.6 Å². The summed E-state index contributed by atoms with van der Waals surface area (Å²) < 4.78 is 18.2. The van der Waals surface area contributed by atoms with Crippen molar-refractivity contribution in [2.45, 2.75) is 0 Å². The fourth-order valence-corrected chi connectivity index (χ4v) is 3.02. The largest absolute Gasteiger partial charge is 0.493 e. The molecule has 0 aliphatic carbocycles. The van der Waals surface area contributed by atoms with Crippen LogP contribution in [0.3, 0.4) is 0 Å². The summed E-state index contributed by atoms with van der Waals surface area (Å²) >= 11 is 5.35. The van der Waals surface area contributed by atoms with Gasteiger partial charge in [-0.25, -0.2) is 5.10 Å². The number of anilines is 1. The standard InChI is InChI=1S/C20H23N5O3S/c1-24(2)15-9-6-13(7-10-15)19-22-23-20(29)25(19)21-12-14-8-11-16(26-3)18(28-5)17(14)27-4/h6-12H,1-5H3,(H,23,29). The van der Waals surface area contributed by atoms with Crippen molar-refractivity contribution in [2.24, 2.45) is 5.10 Å². The van der Waals surface area contributed by atoms with Crippen molar-refractivity contribution >= 4 is 24.1 Å². The van der Waals surface area contributed by atoms with Crippen LogP contribution in [-0.4, -0.2) is 56.5 Å². The van der Waals surface area contributed by atoms with Crippen molar-refractivity contribution in [3.63, 3.8) is 0 Å². The zero-order valence-electron chi connectivity index (χ0n) is 17.0. The molecular weight excluding hydrogens is 390 g/mol.